The van der Waals surface area contributed by atoms with Crippen LogP contribution in [0.1, 0.15) is 37.9 Å². The van der Waals surface area contributed by atoms with E-state index in [9.17, 15) is 4.79 Å². The Morgan fingerprint density at radius 1 is 1.38 bits per heavy atom. The van der Waals surface area contributed by atoms with Crippen molar-refractivity contribution in [2.45, 2.75) is 38.9 Å². The number of likely N-dealkylation sites (N-methyl/N-ethyl adjacent to an activating group) is 1. The van der Waals surface area contributed by atoms with Gasteiger partial charge in [-0.3, -0.25) is 9.79 Å². The molecule has 0 aromatic carbocycles. The number of carbonyl (C=O) groups is 1. The lowest BCUT2D eigenvalue weighted by Crippen LogP contribution is -2.32. The SMILES string of the molecule is C=N/C(C)=C\n1cc(/C(=C/C=O)PC2C=CC(N3CCCNCC3)=CN2C)cc1CCC. The maximum absolute atomic E-state index is 11.5. The van der Waals surface area contributed by atoms with Gasteiger partial charge in [0.15, 0.2) is 0 Å². The molecule has 0 aliphatic carbocycles. The third-order valence-corrected chi connectivity index (χ3v) is 7.45. The van der Waals surface area contributed by atoms with Crippen molar-refractivity contribution in [1.29, 1.82) is 0 Å². The minimum Gasteiger partial charge on any atom is -0.369 e. The van der Waals surface area contributed by atoms with Gasteiger partial charge in [-0.1, -0.05) is 28.0 Å². The maximum Gasteiger partial charge on any atom is 0.143 e. The molecular formula is C25H36N5OP. The molecule has 1 saturated heterocycles. The summed E-state index contributed by atoms with van der Waals surface area (Å²) in [5.74, 6) is 0.236. The molecule has 3 heterocycles. The van der Waals surface area contributed by atoms with Crippen LogP contribution < -0.4 is 5.32 Å². The van der Waals surface area contributed by atoms with E-state index < -0.39 is 0 Å². The Kier molecular flexibility index (Phi) is 9.07. The highest BCUT2D eigenvalue weighted by atomic mass is 31.1. The molecule has 2 aliphatic rings. The number of hydrogen-bond acceptors (Lipinski definition) is 5. The summed E-state index contributed by atoms with van der Waals surface area (Å²) in [5.41, 5.74) is 4.45. The van der Waals surface area contributed by atoms with Crippen molar-refractivity contribution in [3.63, 3.8) is 0 Å². The molecule has 2 aliphatic heterocycles. The second kappa shape index (κ2) is 12.0. The van der Waals surface area contributed by atoms with Gasteiger partial charge in [-0.15, -0.1) is 0 Å². The standard InChI is InChI=1S/C25H36N5OP/c1-5-7-22-16-21(18-30(22)17-20(2)26-3)24(10-15-31)32-25-9-8-23(19-28(25)4)29-13-6-11-27-12-14-29/h8-10,15-19,25,27,32H,3,5-7,11-14H2,1-2,4H3/b20-17-,24-10-. The number of nitrogens with zero attached hydrogens (tertiary/aromatic N) is 4. The Morgan fingerprint density at radius 3 is 2.94 bits per heavy atom. The molecule has 0 radical (unpaired) electrons. The summed E-state index contributed by atoms with van der Waals surface area (Å²) in [6, 6.07) is 2.21. The normalized spacial score (nSPS) is 20.6. The minimum absolute atomic E-state index is 0.236. The highest BCUT2D eigenvalue weighted by Crippen LogP contribution is 2.41. The summed E-state index contributed by atoms with van der Waals surface area (Å²) in [4.78, 5) is 20.2. The fourth-order valence-corrected chi connectivity index (χ4v) is 5.30. The summed E-state index contributed by atoms with van der Waals surface area (Å²) < 4.78 is 2.12. The molecule has 172 valence electrons. The number of rotatable bonds is 9. The molecule has 7 heteroatoms. The zero-order valence-corrected chi connectivity index (χ0v) is 20.6. The fourth-order valence-electron chi connectivity index (χ4n) is 4.04. The van der Waals surface area contributed by atoms with E-state index >= 15 is 0 Å². The van der Waals surface area contributed by atoms with E-state index in [0.717, 1.165) is 61.9 Å². The van der Waals surface area contributed by atoms with Crippen molar-refractivity contribution in [2.75, 3.05) is 33.2 Å². The van der Waals surface area contributed by atoms with E-state index in [1.165, 1.54) is 17.8 Å². The molecule has 0 amide bonds. The molecule has 1 aromatic rings. The molecule has 32 heavy (non-hydrogen) atoms. The Morgan fingerprint density at radius 2 is 2.22 bits per heavy atom. The second-order valence-corrected chi connectivity index (χ2v) is 9.70. The third-order valence-electron chi connectivity index (χ3n) is 5.79. The summed E-state index contributed by atoms with van der Waals surface area (Å²) in [5, 5.41) is 4.54. The van der Waals surface area contributed by atoms with Crippen LogP contribution in [0.2, 0.25) is 0 Å². The van der Waals surface area contributed by atoms with Gasteiger partial charge in [0.05, 0.1) is 17.2 Å². The zero-order valence-electron chi connectivity index (χ0n) is 19.6. The van der Waals surface area contributed by atoms with Crippen LogP contribution in [-0.4, -0.2) is 66.4 Å². The number of aldehydes is 1. The first-order chi connectivity index (χ1) is 15.5. The van der Waals surface area contributed by atoms with E-state index in [0.29, 0.717) is 8.58 Å². The molecule has 1 aromatic heterocycles. The van der Waals surface area contributed by atoms with Gasteiger partial charge in [0, 0.05) is 56.5 Å². The molecule has 2 atom stereocenters. The number of aromatic nitrogens is 1. The number of hydrogen-bond donors (Lipinski definition) is 1. The Labute approximate surface area is 194 Å². The van der Waals surface area contributed by atoms with E-state index in [4.69, 9.17) is 0 Å². The average molecular weight is 454 g/mol. The first kappa shape index (κ1) is 24.2. The van der Waals surface area contributed by atoms with Crippen LogP contribution in [0, 0.1) is 0 Å². The van der Waals surface area contributed by atoms with Crippen molar-refractivity contribution in [1.82, 2.24) is 19.7 Å². The van der Waals surface area contributed by atoms with Gasteiger partial charge in [0.2, 0.25) is 0 Å². The molecule has 1 N–H and O–H groups in total. The maximum atomic E-state index is 11.5. The first-order valence-corrected chi connectivity index (χ1v) is 12.5. The second-order valence-electron chi connectivity index (χ2n) is 8.28. The van der Waals surface area contributed by atoms with Crippen LogP contribution in [-0.2, 0) is 11.2 Å². The van der Waals surface area contributed by atoms with Crippen LogP contribution in [0.4, 0.5) is 0 Å². The highest BCUT2D eigenvalue weighted by Gasteiger charge is 2.20. The monoisotopic (exact) mass is 453 g/mol. The van der Waals surface area contributed by atoms with E-state index in [-0.39, 0.29) is 5.78 Å². The van der Waals surface area contributed by atoms with Crippen molar-refractivity contribution in [2.24, 2.45) is 4.99 Å². The number of carbonyl (C=O) groups excluding carboxylic acids is 1. The van der Waals surface area contributed by atoms with E-state index in [1.807, 2.05) is 13.1 Å². The molecule has 1 fully saturated rings. The van der Waals surface area contributed by atoms with Crippen LogP contribution in [0.25, 0.3) is 11.5 Å². The van der Waals surface area contributed by atoms with Gasteiger partial charge in [-0.25, -0.2) is 0 Å². The van der Waals surface area contributed by atoms with Gasteiger partial charge in [0.25, 0.3) is 0 Å². The van der Waals surface area contributed by atoms with Crippen LogP contribution in [0.15, 0.2) is 53.1 Å². The van der Waals surface area contributed by atoms with Gasteiger partial charge in [0.1, 0.15) is 6.29 Å². The number of aryl methyl sites for hydroxylation is 1. The minimum atomic E-state index is 0.236. The van der Waals surface area contributed by atoms with Gasteiger partial charge in [-0.2, -0.15) is 0 Å². The molecule has 2 unspecified atom stereocenters. The number of aliphatic imine (C=N–C) groups is 1. The molecule has 0 bridgehead atoms. The van der Waals surface area contributed by atoms with E-state index in [1.54, 1.807) is 6.08 Å². The molecule has 0 saturated carbocycles. The van der Waals surface area contributed by atoms with Crippen LogP contribution in [0.3, 0.4) is 0 Å². The molecular weight excluding hydrogens is 417 g/mol. The van der Waals surface area contributed by atoms with Crippen molar-refractivity contribution in [3.8, 4) is 0 Å². The van der Waals surface area contributed by atoms with Crippen LogP contribution in [0.5, 0.6) is 0 Å². The lowest BCUT2D eigenvalue weighted by atomic mass is 10.2. The number of allylic oxidation sites excluding steroid dienone is 3. The number of nitrogens with one attached hydrogen (secondary N) is 1. The largest absolute Gasteiger partial charge is 0.369 e. The lowest BCUT2D eigenvalue weighted by molar-refractivity contribution is -0.104. The smallest absolute Gasteiger partial charge is 0.143 e. The Balaban J connectivity index is 1.78. The zero-order chi connectivity index (χ0) is 22.9. The van der Waals surface area contributed by atoms with Crippen molar-refractivity contribution < 1.29 is 4.79 Å². The Bertz CT molecular complexity index is 919. The Hall–Kier alpha value is -2.43. The summed E-state index contributed by atoms with van der Waals surface area (Å²) in [6.45, 7) is 12.0. The highest BCUT2D eigenvalue weighted by molar-refractivity contribution is 7.51. The van der Waals surface area contributed by atoms with E-state index in [2.05, 4.69) is 76.0 Å². The first-order valence-electron chi connectivity index (χ1n) is 11.4. The lowest BCUT2D eigenvalue weighted by Gasteiger charge is -2.33. The van der Waals surface area contributed by atoms with Crippen molar-refractivity contribution >= 4 is 33.1 Å². The molecule has 3 rings (SSSR count). The third kappa shape index (κ3) is 6.30. The predicted octanol–water partition coefficient (Wildman–Crippen LogP) is 4.14. The molecule has 0 spiro atoms. The topological polar surface area (TPSA) is 52.9 Å². The summed E-state index contributed by atoms with van der Waals surface area (Å²) >= 11 is 0. The van der Waals surface area contributed by atoms with Gasteiger partial charge < -0.3 is 19.7 Å². The van der Waals surface area contributed by atoms with Crippen molar-refractivity contribution in [3.05, 3.63) is 59.3 Å². The van der Waals surface area contributed by atoms with Crippen LogP contribution >= 0.6 is 8.58 Å². The van der Waals surface area contributed by atoms with Gasteiger partial charge >= 0.3 is 0 Å². The quantitative estimate of drug-likeness (QED) is 0.264. The predicted molar refractivity (Wildman–Crippen MR) is 138 cm³/mol. The average Bonchev–Trinajstić information content (AvgIpc) is 2.99. The molecule has 6 nitrogen and oxygen atoms in total. The summed E-state index contributed by atoms with van der Waals surface area (Å²) in [7, 11) is 2.60. The summed E-state index contributed by atoms with van der Waals surface area (Å²) in [6.07, 6.45) is 16.7. The van der Waals surface area contributed by atoms with Gasteiger partial charge in [-0.05, 0) is 56.6 Å². The fraction of sp³-hybridized carbons (Fsp3) is 0.440.